The summed E-state index contributed by atoms with van der Waals surface area (Å²) >= 11 is 0.994. The first-order valence-corrected chi connectivity index (χ1v) is 9.02. The number of alkyl halides is 3. The summed E-state index contributed by atoms with van der Waals surface area (Å²) < 4.78 is 37.6. The van der Waals surface area contributed by atoms with Crippen LogP contribution in [0.25, 0.3) is 0 Å². The summed E-state index contributed by atoms with van der Waals surface area (Å²) in [5.74, 6) is 0.580. The summed E-state index contributed by atoms with van der Waals surface area (Å²) in [6.45, 7) is 5.41. The molecule has 1 aliphatic rings. The number of nitrogens with zero attached hydrogens (tertiary/aromatic N) is 3. The van der Waals surface area contributed by atoms with Crippen LogP contribution in [0.2, 0.25) is 0 Å². The van der Waals surface area contributed by atoms with Gasteiger partial charge in [0.05, 0.1) is 6.54 Å². The Morgan fingerprint density at radius 3 is 2.62 bits per heavy atom. The van der Waals surface area contributed by atoms with Crippen LogP contribution in [-0.4, -0.2) is 48.6 Å². The number of aliphatic imine (C=N–C) groups is 1. The van der Waals surface area contributed by atoms with E-state index in [9.17, 15) is 13.2 Å². The van der Waals surface area contributed by atoms with Crippen molar-refractivity contribution in [2.75, 3.05) is 26.7 Å². The van der Waals surface area contributed by atoms with E-state index in [1.165, 1.54) is 12.8 Å². The van der Waals surface area contributed by atoms with E-state index >= 15 is 0 Å². The van der Waals surface area contributed by atoms with E-state index in [0.29, 0.717) is 17.0 Å². The fraction of sp³-hybridized carbons (Fsp3) is 0.733. The number of halogens is 3. The summed E-state index contributed by atoms with van der Waals surface area (Å²) in [5, 5.41) is 7.70. The monoisotopic (exact) mass is 363 g/mol. The lowest BCUT2D eigenvalue weighted by Crippen LogP contribution is -2.46. The zero-order valence-electron chi connectivity index (χ0n) is 14.0. The van der Waals surface area contributed by atoms with E-state index in [1.54, 1.807) is 7.05 Å². The number of likely N-dealkylation sites (tertiary alicyclic amines) is 1. The van der Waals surface area contributed by atoms with Gasteiger partial charge in [-0.25, -0.2) is 4.98 Å². The third-order valence-electron chi connectivity index (χ3n) is 4.11. The third kappa shape index (κ3) is 5.34. The third-order valence-corrected chi connectivity index (χ3v) is 4.96. The van der Waals surface area contributed by atoms with Gasteiger partial charge in [-0.15, -0.1) is 11.3 Å². The Balaban J connectivity index is 1.80. The van der Waals surface area contributed by atoms with Crippen molar-refractivity contribution in [3.05, 3.63) is 16.1 Å². The Hall–Kier alpha value is -1.35. The van der Waals surface area contributed by atoms with Gasteiger partial charge in [-0.3, -0.25) is 9.89 Å². The van der Waals surface area contributed by atoms with E-state index in [4.69, 9.17) is 0 Å². The largest absolute Gasteiger partial charge is 0.434 e. The average Bonchev–Trinajstić information content (AvgIpc) is 3.21. The molecule has 1 aromatic rings. The lowest BCUT2D eigenvalue weighted by atomic mass is 10.2. The summed E-state index contributed by atoms with van der Waals surface area (Å²) in [5.41, 5.74) is -0.840. The highest BCUT2D eigenvalue weighted by atomic mass is 32.1. The second-order valence-electron chi connectivity index (χ2n) is 5.74. The number of hydrogen-bond donors (Lipinski definition) is 2. The van der Waals surface area contributed by atoms with Gasteiger partial charge in [0.15, 0.2) is 11.7 Å². The molecule has 9 heteroatoms. The molecule has 0 radical (unpaired) electrons. The van der Waals surface area contributed by atoms with Crippen LogP contribution in [0.1, 0.15) is 36.9 Å². The maximum absolute atomic E-state index is 12.5. The van der Waals surface area contributed by atoms with Crippen LogP contribution < -0.4 is 10.6 Å². The molecule has 1 unspecified atom stereocenters. The van der Waals surface area contributed by atoms with Crippen LogP contribution in [0.5, 0.6) is 0 Å². The van der Waals surface area contributed by atoms with Crippen molar-refractivity contribution in [1.29, 1.82) is 0 Å². The zero-order valence-corrected chi connectivity index (χ0v) is 14.8. The quantitative estimate of drug-likeness (QED) is 0.603. The molecule has 1 aliphatic heterocycles. The summed E-state index contributed by atoms with van der Waals surface area (Å²) in [6, 6.07) is 0.447. The Kier molecular flexibility index (Phi) is 6.85. The van der Waals surface area contributed by atoms with Crippen molar-refractivity contribution in [1.82, 2.24) is 20.5 Å². The average molecular weight is 363 g/mol. The molecule has 0 bridgehead atoms. The van der Waals surface area contributed by atoms with E-state index in [2.05, 4.69) is 32.4 Å². The Morgan fingerprint density at radius 2 is 2.08 bits per heavy atom. The van der Waals surface area contributed by atoms with Gasteiger partial charge in [0.25, 0.3) is 0 Å². The van der Waals surface area contributed by atoms with Gasteiger partial charge < -0.3 is 10.6 Å². The van der Waals surface area contributed by atoms with Gasteiger partial charge in [0.1, 0.15) is 5.01 Å². The van der Waals surface area contributed by atoms with Gasteiger partial charge in [-0.2, -0.15) is 13.2 Å². The predicted molar refractivity (Wildman–Crippen MR) is 90.2 cm³/mol. The van der Waals surface area contributed by atoms with E-state index in [0.717, 1.165) is 42.8 Å². The molecule has 0 spiro atoms. The molecular formula is C15H24F3N5S. The van der Waals surface area contributed by atoms with Gasteiger partial charge in [0, 0.05) is 25.0 Å². The van der Waals surface area contributed by atoms with Crippen LogP contribution >= 0.6 is 11.3 Å². The first kappa shape index (κ1) is 19.0. The molecule has 5 nitrogen and oxygen atoms in total. The first-order chi connectivity index (χ1) is 11.4. The molecule has 1 aromatic heterocycles. The van der Waals surface area contributed by atoms with Crippen molar-refractivity contribution < 1.29 is 13.2 Å². The standard InChI is InChI=1S/C15H24F3N5S/c1-3-11(23-6-4-5-7-23)8-20-14(19-2)21-9-13-22-12(10-24-13)15(16,17)18/h10-11H,3-9H2,1-2H3,(H2,19,20,21). The lowest BCUT2D eigenvalue weighted by molar-refractivity contribution is -0.140. The Labute approximate surface area is 144 Å². The van der Waals surface area contributed by atoms with Crippen molar-refractivity contribution in [2.24, 2.45) is 4.99 Å². The summed E-state index contributed by atoms with van der Waals surface area (Å²) in [6.07, 6.45) is -0.853. The van der Waals surface area contributed by atoms with Crippen LogP contribution in [-0.2, 0) is 12.7 Å². The second-order valence-corrected chi connectivity index (χ2v) is 6.68. The SMILES string of the molecule is CCC(CNC(=NC)NCc1nc(C(F)(F)F)cs1)N1CCCC1. The predicted octanol–water partition coefficient (Wildman–Crippen LogP) is 2.70. The molecular weight excluding hydrogens is 339 g/mol. The highest BCUT2D eigenvalue weighted by molar-refractivity contribution is 7.09. The van der Waals surface area contributed by atoms with Gasteiger partial charge >= 0.3 is 6.18 Å². The molecule has 1 fully saturated rings. The molecule has 0 amide bonds. The fourth-order valence-corrected chi connectivity index (χ4v) is 3.50. The minimum Gasteiger partial charge on any atom is -0.355 e. The zero-order chi connectivity index (χ0) is 17.6. The smallest absolute Gasteiger partial charge is 0.355 e. The Morgan fingerprint density at radius 1 is 1.38 bits per heavy atom. The molecule has 0 aliphatic carbocycles. The molecule has 1 saturated heterocycles. The topological polar surface area (TPSA) is 52.6 Å². The highest BCUT2D eigenvalue weighted by Gasteiger charge is 2.33. The fourth-order valence-electron chi connectivity index (χ4n) is 2.76. The highest BCUT2D eigenvalue weighted by Crippen LogP contribution is 2.29. The van der Waals surface area contributed by atoms with E-state index in [1.807, 2.05) is 0 Å². The van der Waals surface area contributed by atoms with Crippen molar-refractivity contribution >= 4 is 17.3 Å². The summed E-state index contributed by atoms with van der Waals surface area (Å²) in [7, 11) is 1.65. The lowest BCUT2D eigenvalue weighted by Gasteiger charge is -2.27. The molecule has 24 heavy (non-hydrogen) atoms. The van der Waals surface area contributed by atoms with Gasteiger partial charge in [-0.1, -0.05) is 6.92 Å². The molecule has 0 aromatic carbocycles. The maximum atomic E-state index is 12.5. The molecule has 2 N–H and O–H groups in total. The first-order valence-electron chi connectivity index (χ1n) is 8.14. The minimum absolute atomic E-state index is 0.223. The normalized spacial score (nSPS) is 18.0. The van der Waals surface area contributed by atoms with Gasteiger partial charge in [0.2, 0.25) is 0 Å². The number of rotatable bonds is 6. The summed E-state index contributed by atoms with van der Waals surface area (Å²) in [4.78, 5) is 10.2. The van der Waals surface area contributed by atoms with Gasteiger partial charge in [-0.05, 0) is 32.4 Å². The van der Waals surface area contributed by atoms with Crippen molar-refractivity contribution in [2.45, 2.75) is 44.9 Å². The minimum atomic E-state index is -4.39. The van der Waals surface area contributed by atoms with Crippen molar-refractivity contribution in [3.8, 4) is 0 Å². The van der Waals surface area contributed by atoms with Crippen molar-refractivity contribution in [3.63, 3.8) is 0 Å². The Bertz CT molecular complexity index is 537. The number of hydrogen-bond acceptors (Lipinski definition) is 4. The molecule has 2 heterocycles. The maximum Gasteiger partial charge on any atom is 0.434 e. The number of guanidine groups is 1. The molecule has 0 saturated carbocycles. The molecule has 1 atom stereocenters. The van der Waals surface area contributed by atoms with E-state index in [-0.39, 0.29) is 6.54 Å². The van der Waals surface area contributed by atoms with E-state index < -0.39 is 11.9 Å². The van der Waals surface area contributed by atoms with Crippen LogP contribution in [0, 0.1) is 0 Å². The van der Waals surface area contributed by atoms with Crippen LogP contribution in [0.15, 0.2) is 10.4 Å². The number of nitrogens with one attached hydrogen (secondary N) is 2. The number of aromatic nitrogens is 1. The van der Waals surface area contributed by atoms with Crippen LogP contribution in [0.3, 0.4) is 0 Å². The van der Waals surface area contributed by atoms with Crippen LogP contribution in [0.4, 0.5) is 13.2 Å². The molecule has 136 valence electrons. The molecule has 2 rings (SSSR count). The second kappa shape index (κ2) is 8.66. The number of thiazole rings is 1.